The molecule has 21 heavy (non-hydrogen) atoms. The average molecular weight is 315 g/mol. The van der Waals surface area contributed by atoms with Gasteiger partial charge in [0.25, 0.3) is 11.6 Å². The first-order valence-corrected chi connectivity index (χ1v) is 6.49. The molecular formula is C12H15ClN4O4. The highest BCUT2D eigenvalue weighted by atomic mass is 35.5. The average Bonchev–Trinajstić information content (AvgIpc) is 2.45. The molecule has 0 heterocycles. The van der Waals surface area contributed by atoms with Crippen LogP contribution in [0.4, 0.5) is 11.4 Å². The fourth-order valence-electron chi connectivity index (χ4n) is 1.57. The van der Waals surface area contributed by atoms with E-state index in [0.29, 0.717) is 6.54 Å². The van der Waals surface area contributed by atoms with E-state index in [4.69, 9.17) is 11.6 Å². The number of nitro groups is 1. The van der Waals surface area contributed by atoms with Gasteiger partial charge in [0.05, 0.1) is 16.5 Å². The summed E-state index contributed by atoms with van der Waals surface area (Å²) in [4.78, 5) is 33.3. The number of hydrogen-bond donors (Lipinski definition) is 3. The highest BCUT2D eigenvalue weighted by Crippen LogP contribution is 2.33. The molecule has 0 fully saturated rings. The van der Waals surface area contributed by atoms with Gasteiger partial charge in [0, 0.05) is 25.2 Å². The number of carbonyl (C=O) groups excluding carboxylic acids is 2. The molecule has 114 valence electrons. The van der Waals surface area contributed by atoms with E-state index in [-0.39, 0.29) is 34.4 Å². The molecule has 1 aromatic carbocycles. The number of nitrogens with zero attached hydrogens (tertiary/aromatic N) is 1. The number of nitro benzene ring substituents is 1. The van der Waals surface area contributed by atoms with Gasteiger partial charge in [-0.25, -0.2) is 0 Å². The molecule has 8 nitrogen and oxygen atoms in total. The lowest BCUT2D eigenvalue weighted by atomic mass is 10.1. The van der Waals surface area contributed by atoms with Crippen LogP contribution in [0.3, 0.4) is 0 Å². The summed E-state index contributed by atoms with van der Waals surface area (Å²) in [6.07, 6.45) is 0. The molecular weight excluding hydrogens is 300 g/mol. The Hall–Kier alpha value is -2.35. The van der Waals surface area contributed by atoms with E-state index in [2.05, 4.69) is 16.0 Å². The van der Waals surface area contributed by atoms with Crippen molar-refractivity contribution < 1.29 is 14.5 Å². The number of anilines is 1. The molecule has 0 atom stereocenters. The lowest BCUT2D eigenvalue weighted by Gasteiger charge is -2.09. The largest absolute Gasteiger partial charge is 0.379 e. The van der Waals surface area contributed by atoms with Crippen LogP contribution >= 0.6 is 11.6 Å². The lowest BCUT2D eigenvalue weighted by molar-refractivity contribution is -0.384. The van der Waals surface area contributed by atoms with Crippen molar-refractivity contribution >= 4 is 34.8 Å². The first-order chi connectivity index (χ1) is 9.90. The van der Waals surface area contributed by atoms with Gasteiger partial charge < -0.3 is 16.0 Å². The number of likely N-dealkylation sites (N-methyl/N-ethyl adjacent to an activating group) is 1. The number of carbonyl (C=O) groups is 2. The van der Waals surface area contributed by atoms with Gasteiger partial charge in [-0.1, -0.05) is 11.6 Å². The standard InChI is InChI=1S/C12H15ClN4O4/c1-3-15-11-8(13)4-7(5-9(11)17(20)21)12(19)16-6-10(18)14-2/h4-5,15H,3,6H2,1-2H3,(H,14,18)(H,16,19). The summed E-state index contributed by atoms with van der Waals surface area (Å²) in [5, 5.41) is 18.6. The molecule has 0 aliphatic heterocycles. The summed E-state index contributed by atoms with van der Waals surface area (Å²) in [6.45, 7) is 1.99. The monoisotopic (exact) mass is 314 g/mol. The number of hydrogen-bond acceptors (Lipinski definition) is 5. The Morgan fingerprint density at radius 2 is 2.05 bits per heavy atom. The van der Waals surface area contributed by atoms with Crippen LogP contribution in [0.25, 0.3) is 0 Å². The lowest BCUT2D eigenvalue weighted by Crippen LogP contribution is -2.35. The quantitative estimate of drug-likeness (QED) is 0.538. The Kier molecular flexibility index (Phi) is 5.92. The highest BCUT2D eigenvalue weighted by molar-refractivity contribution is 6.34. The smallest absolute Gasteiger partial charge is 0.294 e. The first kappa shape index (κ1) is 16.7. The third-order valence-corrected chi connectivity index (χ3v) is 2.87. The van der Waals surface area contributed by atoms with E-state index < -0.39 is 10.8 Å². The minimum Gasteiger partial charge on any atom is -0.379 e. The van der Waals surface area contributed by atoms with E-state index in [9.17, 15) is 19.7 Å². The van der Waals surface area contributed by atoms with Crippen molar-refractivity contribution in [3.63, 3.8) is 0 Å². The molecule has 2 amide bonds. The van der Waals surface area contributed by atoms with Gasteiger partial charge in [-0.05, 0) is 13.0 Å². The Balaban J connectivity index is 3.06. The molecule has 0 aliphatic carbocycles. The second kappa shape index (κ2) is 7.44. The van der Waals surface area contributed by atoms with Crippen molar-refractivity contribution in [2.24, 2.45) is 0 Å². The molecule has 0 bridgehead atoms. The Morgan fingerprint density at radius 3 is 2.57 bits per heavy atom. The Labute approximate surface area is 126 Å². The van der Waals surface area contributed by atoms with Crippen molar-refractivity contribution in [1.82, 2.24) is 10.6 Å². The normalized spacial score (nSPS) is 9.86. The maximum atomic E-state index is 11.9. The van der Waals surface area contributed by atoms with E-state index in [0.717, 1.165) is 6.07 Å². The van der Waals surface area contributed by atoms with Crippen LogP contribution in [0.15, 0.2) is 12.1 Å². The third-order valence-electron chi connectivity index (χ3n) is 2.57. The third kappa shape index (κ3) is 4.32. The summed E-state index contributed by atoms with van der Waals surface area (Å²) in [5.41, 5.74) is -0.126. The predicted octanol–water partition coefficient (Wildman–Crippen LogP) is 1.16. The SMILES string of the molecule is CCNc1c(Cl)cc(C(=O)NCC(=O)NC)cc1[N+](=O)[O-]. The minimum atomic E-state index is -0.626. The molecule has 0 unspecified atom stereocenters. The van der Waals surface area contributed by atoms with Crippen LogP contribution in [-0.2, 0) is 4.79 Å². The van der Waals surface area contributed by atoms with Gasteiger partial charge >= 0.3 is 0 Å². The van der Waals surface area contributed by atoms with Crippen LogP contribution in [0.2, 0.25) is 5.02 Å². The number of rotatable bonds is 6. The molecule has 0 saturated heterocycles. The van der Waals surface area contributed by atoms with Crippen LogP contribution in [0.5, 0.6) is 0 Å². The zero-order chi connectivity index (χ0) is 16.0. The van der Waals surface area contributed by atoms with Crippen molar-refractivity contribution in [3.8, 4) is 0 Å². The molecule has 3 N–H and O–H groups in total. The Morgan fingerprint density at radius 1 is 1.38 bits per heavy atom. The van der Waals surface area contributed by atoms with Gasteiger partial charge in [-0.3, -0.25) is 19.7 Å². The summed E-state index contributed by atoms with van der Waals surface area (Å²) in [6, 6.07) is 2.43. The maximum Gasteiger partial charge on any atom is 0.294 e. The molecule has 9 heteroatoms. The summed E-state index contributed by atoms with van der Waals surface area (Å²) in [7, 11) is 1.43. The van der Waals surface area contributed by atoms with E-state index >= 15 is 0 Å². The Bertz CT molecular complexity index is 577. The van der Waals surface area contributed by atoms with Crippen molar-refractivity contribution in [2.45, 2.75) is 6.92 Å². The first-order valence-electron chi connectivity index (χ1n) is 6.11. The fourth-order valence-corrected chi connectivity index (χ4v) is 1.85. The number of halogens is 1. The number of benzene rings is 1. The number of amides is 2. The molecule has 0 saturated carbocycles. The van der Waals surface area contributed by atoms with Crippen LogP contribution < -0.4 is 16.0 Å². The molecule has 1 aromatic rings. The molecule has 1 rings (SSSR count). The summed E-state index contributed by atoms with van der Waals surface area (Å²) < 4.78 is 0. The van der Waals surface area contributed by atoms with Crippen molar-refractivity contribution in [2.75, 3.05) is 25.5 Å². The van der Waals surface area contributed by atoms with Gasteiger partial charge in [-0.2, -0.15) is 0 Å². The van der Waals surface area contributed by atoms with Crippen molar-refractivity contribution in [1.29, 1.82) is 0 Å². The zero-order valence-corrected chi connectivity index (χ0v) is 12.3. The van der Waals surface area contributed by atoms with E-state index in [1.807, 2.05) is 0 Å². The van der Waals surface area contributed by atoms with Gasteiger partial charge in [0.15, 0.2) is 0 Å². The van der Waals surface area contributed by atoms with E-state index in [1.165, 1.54) is 13.1 Å². The van der Waals surface area contributed by atoms with Crippen LogP contribution in [0.1, 0.15) is 17.3 Å². The molecule has 0 aromatic heterocycles. The second-order valence-corrected chi connectivity index (χ2v) is 4.40. The summed E-state index contributed by atoms with van der Waals surface area (Å²) in [5.74, 6) is -1.00. The molecule has 0 spiro atoms. The topological polar surface area (TPSA) is 113 Å². The number of nitrogens with one attached hydrogen (secondary N) is 3. The van der Waals surface area contributed by atoms with Gasteiger partial charge in [0.2, 0.25) is 5.91 Å². The van der Waals surface area contributed by atoms with E-state index in [1.54, 1.807) is 6.92 Å². The predicted molar refractivity (Wildman–Crippen MR) is 78.7 cm³/mol. The van der Waals surface area contributed by atoms with Crippen molar-refractivity contribution in [3.05, 3.63) is 32.8 Å². The van der Waals surface area contributed by atoms with Crippen LogP contribution in [-0.4, -0.2) is 36.9 Å². The zero-order valence-electron chi connectivity index (χ0n) is 11.5. The fraction of sp³-hybridized carbons (Fsp3) is 0.333. The van der Waals surface area contributed by atoms with Crippen LogP contribution in [0, 0.1) is 10.1 Å². The van der Waals surface area contributed by atoms with Gasteiger partial charge in [0.1, 0.15) is 5.69 Å². The maximum absolute atomic E-state index is 11.9. The molecule has 0 aliphatic rings. The summed E-state index contributed by atoms with van der Waals surface area (Å²) >= 11 is 5.97. The molecule has 0 radical (unpaired) electrons. The minimum absolute atomic E-state index is 0.0113. The second-order valence-electron chi connectivity index (χ2n) is 4.00. The van der Waals surface area contributed by atoms with Gasteiger partial charge in [-0.15, -0.1) is 0 Å². The highest BCUT2D eigenvalue weighted by Gasteiger charge is 2.21.